The molecule has 3 rings (SSSR count). The average molecular weight is 359 g/mol. The van der Waals surface area contributed by atoms with Crippen LogP contribution >= 0.6 is 0 Å². The van der Waals surface area contributed by atoms with Crippen LogP contribution < -0.4 is 5.32 Å². The molecule has 0 aliphatic heterocycles. The summed E-state index contributed by atoms with van der Waals surface area (Å²) in [4.78, 5) is 0. The number of hydrogen-bond donors (Lipinski definition) is 1. The van der Waals surface area contributed by atoms with Gasteiger partial charge in [0.25, 0.3) is 0 Å². The first kappa shape index (κ1) is 18.7. The van der Waals surface area contributed by atoms with Crippen LogP contribution in [0.3, 0.4) is 0 Å². The molecule has 1 aliphatic rings. The number of fused-ring (bicyclic) bond motifs is 1. The molecule has 4 heteroatoms. The number of halogens is 3. The highest BCUT2D eigenvalue weighted by molar-refractivity contribution is 5.58. The summed E-state index contributed by atoms with van der Waals surface area (Å²) in [6.07, 6.45) is 3.70. The molecule has 0 spiro atoms. The van der Waals surface area contributed by atoms with Crippen molar-refractivity contribution in [2.24, 2.45) is 0 Å². The van der Waals surface area contributed by atoms with E-state index in [9.17, 15) is 13.2 Å². The molecule has 1 N–H and O–H groups in total. The molecule has 26 heavy (non-hydrogen) atoms. The Balaban J connectivity index is 1.54. The van der Waals surface area contributed by atoms with Crippen molar-refractivity contribution in [3.05, 3.63) is 76.4 Å². The molecular weight excluding hydrogens is 335 g/mol. The van der Waals surface area contributed by atoms with E-state index in [0.29, 0.717) is 6.42 Å². The van der Waals surface area contributed by atoms with Crippen LogP contribution in [-0.2, 0) is 19.0 Å². The Bertz CT molecular complexity index is 777. The van der Waals surface area contributed by atoms with Gasteiger partial charge in [0.05, 0.1) is 5.56 Å². The van der Waals surface area contributed by atoms with E-state index in [-0.39, 0.29) is 6.04 Å². The summed E-state index contributed by atoms with van der Waals surface area (Å²) in [7, 11) is 0. The van der Waals surface area contributed by atoms with Gasteiger partial charge in [0, 0.05) is 6.04 Å². The minimum Gasteiger partial charge on any atom is -0.310 e. The Morgan fingerprint density at radius 2 is 1.92 bits per heavy atom. The first-order valence-electron chi connectivity index (χ1n) is 9.13. The van der Waals surface area contributed by atoms with Gasteiger partial charge in [-0.1, -0.05) is 48.6 Å². The normalized spacial score (nSPS) is 14.9. The van der Waals surface area contributed by atoms with Crippen LogP contribution in [0.1, 0.15) is 53.6 Å². The number of hydrogen-bond acceptors (Lipinski definition) is 1. The molecule has 0 radical (unpaired) electrons. The van der Waals surface area contributed by atoms with Crippen LogP contribution in [0.2, 0.25) is 0 Å². The first-order chi connectivity index (χ1) is 12.4. The predicted molar refractivity (Wildman–Crippen MR) is 100.0 cm³/mol. The molecule has 0 bridgehead atoms. The quantitative estimate of drug-likeness (QED) is 0.629. The zero-order valence-corrected chi connectivity index (χ0v) is 14.9. The highest BCUT2D eigenvalue weighted by atomic mass is 19.4. The second kappa shape index (κ2) is 8.09. The maximum absolute atomic E-state index is 12.8. The van der Waals surface area contributed by atoms with Crippen LogP contribution in [0.25, 0.3) is 6.08 Å². The van der Waals surface area contributed by atoms with Crippen LogP contribution in [-0.4, -0.2) is 6.54 Å². The average Bonchev–Trinajstić information content (AvgIpc) is 2.64. The predicted octanol–water partition coefficient (Wildman–Crippen LogP) is 5.95. The molecule has 1 nitrogen and oxygen atoms in total. The lowest BCUT2D eigenvalue weighted by atomic mass is 9.90. The Morgan fingerprint density at radius 1 is 1.12 bits per heavy atom. The fraction of sp³-hybridized carbons (Fsp3) is 0.364. The Labute approximate surface area is 152 Å². The molecular formula is C22H24F3N. The number of allylic oxidation sites excluding steroid dienone is 1. The van der Waals surface area contributed by atoms with E-state index >= 15 is 0 Å². The van der Waals surface area contributed by atoms with Crippen LogP contribution in [0, 0.1) is 0 Å². The minimum absolute atomic E-state index is 0.234. The zero-order valence-electron chi connectivity index (χ0n) is 14.9. The van der Waals surface area contributed by atoms with E-state index in [2.05, 4.69) is 42.6 Å². The summed E-state index contributed by atoms with van der Waals surface area (Å²) in [5.41, 5.74) is 4.20. The SMILES string of the molecule is C[C@@H](NCCCc1cccc(C(F)(F)F)c1)c1cccc2c1CCC=C2. The van der Waals surface area contributed by atoms with Gasteiger partial charge in [-0.15, -0.1) is 0 Å². The number of alkyl halides is 3. The molecule has 0 amide bonds. The van der Waals surface area contributed by atoms with Crippen molar-refractivity contribution in [1.82, 2.24) is 5.32 Å². The van der Waals surface area contributed by atoms with Gasteiger partial charge in [-0.2, -0.15) is 13.2 Å². The number of nitrogens with one attached hydrogen (secondary N) is 1. The summed E-state index contributed by atoms with van der Waals surface area (Å²) in [6.45, 7) is 2.93. The first-order valence-corrected chi connectivity index (χ1v) is 9.13. The van der Waals surface area contributed by atoms with E-state index in [1.807, 2.05) is 0 Å². The fourth-order valence-corrected chi connectivity index (χ4v) is 3.54. The van der Waals surface area contributed by atoms with Crippen LogP contribution in [0.4, 0.5) is 13.2 Å². The second-order valence-electron chi connectivity index (χ2n) is 6.83. The Morgan fingerprint density at radius 3 is 2.73 bits per heavy atom. The van der Waals surface area contributed by atoms with E-state index in [0.717, 1.165) is 37.4 Å². The van der Waals surface area contributed by atoms with Crippen molar-refractivity contribution in [3.63, 3.8) is 0 Å². The maximum atomic E-state index is 12.8. The van der Waals surface area contributed by atoms with Crippen molar-refractivity contribution in [1.29, 1.82) is 0 Å². The van der Waals surface area contributed by atoms with Gasteiger partial charge in [-0.25, -0.2) is 0 Å². The van der Waals surface area contributed by atoms with Crippen molar-refractivity contribution < 1.29 is 13.2 Å². The molecule has 0 unspecified atom stereocenters. The van der Waals surface area contributed by atoms with Crippen molar-refractivity contribution in [2.75, 3.05) is 6.54 Å². The second-order valence-corrected chi connectivity index (χ2v) is 6.83. The van der Waals surface area contributed by atoms with Gasteiger partial charge in [0.1, 0.15) is 0 Å². The zero-order chi connectivity index (χ0) is 18.6. The number of benzene rings is 2. The van der Waals surface area contributed by atoms with Crippen LogP contribution in [0.5, 0.6) is 0 Å². The molecule has 0 saturated carbocycles. The third-order valence-electron chi connectivity index (χ3n) is 4.92. The largest absolute Gasteiger partial charge is 0.416 e. The highest BCUT2D eigenvalue weighted by Crippen LogP contribution is 2.30. The van der Waals surface area contributed by atoms with Gasteiger partial charge in [0.2, 0.25) is 0 Å². The summed E-state index contributed by atoms with van der Waals surface area (Å²) in [5.74, 6) is 0. The lowest BCUT2D eigenvalue weighted by molar-refractivity contribution is -0.137. The van der Waals surface area contributed by atoms with Crippen molar-refractivity contribution >= 4 is 6.08 Å². The third-order valence-corrected chi connectivity index (χ3v) is 4.92. The Hall–Kier alpha value is -2.07. The summed E-state index contributed by atoms with van der Waals surface area (Å²) in [6, 6.07) is 12.3. The van der Waals surface area contributed by atoms with Gasteiger partial charge in [0.15, 0.2) is 0 Å². The van der Waals surface area contributed by atoms with Gasteiger partial charge < -0.3 is 5.32 Å². The molecule has 138 valence electrons. The van der Waals surface area contributed by atoms with Crippen LogP contribution in [0.15, 0.2) is 48.5 Å². The Kier molecular flexibility index (Phi) is 5.82. The fourth-order valence-electron chi connectivity index (χ4n) is 3.54. The summed E-state index contributed by atoms with van der Waals surface area (Å²) in [5, 5.41) is 3.52. The van der Waals surface area contributed by atoms with Gasteiger partial charge in [-0.05, 0) is 67.5 Å². The summed E-state index contributed by atoms with van der Waals surface area (Å²) < 4.78 is 38.3. The topological polar surface area (TPSA) is 12.0 Å². The monoisotopic (exact) mass is 359 g/mol. The lowest BCUT2D eigenvalue weighted by Crippen LogP contribution is -2.22. The molecule has 0 aromatic heterocycles. The lowest BCUT2D eigenvalue weighted by Gasteiger charge is -2.21. The third kappa shape index (κ3) is 4.55. The molecule has 0 saturated heterocycles. The van der Waals surface area contributed by atoms with E-state index < -0.39 is 11.7 Å². The maximum Gasteiger partial charge on any atom is 0.416 e. The number of rotatable bonds is 6. The molecule has 0 fully saturated rings. The van der Waals surface area contributed by atoms with Gasteiger partial charge in [-0.3, -0.25) is 0 Å². The standard InChI is InChI=1S/C22H24F3N/c1-16(20-13-5-10-18-9-2-3-12-21(18)20)26-14-6-8-17-7-4-11-19(15-17)22(23,24)25/h2,4-5,7,9-11,13,15-16,26H,3,6,8,12,14H2,1H3/t16-/m1/s1. The minimum atomic E-state index is -4.27. The highest BCUT2D eigenvalue weighted by Gasteiger charge is 2.30. The number of aryl methyl sites for hydroxylation is 1. The molecule has 1 atom stereocenters. The smallest absolute Gasteiger partial charge is 0.310 e. The molecule has 2 aromatic carbocycles. The summed E-state index contributed by atoms with van der Waals surface area (Å²) >= 11 is 0. The van der Waals surface area contributed by atoms with E-state index in [1.165, 1.54) is 28.8 Å². The molecule has 1 aliphatic carbocycles. The molecule has 0 heterocycles. The van der Waals surface area contributed by atoms with Crippen molar-refractivity contribution in [3.8, 4) is 0 Å². The van der Waals surface area contributed by atoms with E-state index in [4.69, 9.17) is 0 Å². The van der Waals surface area contributed by atoms with Crippen molar-refractivity contribution in [2.45, 2.75) is 44.8 Å². The van der Waals surface area contributed by atoms with Gasteiger partial charge >= 0.3 is 6.18 Å². The molecule has 2 aromatic rings. The van der Waals surface area contributed by atoms with E-state index in [1.54, 1.807) is 6.07 Å².